The molecule has 5 nitrogen and oxygen atoms in total. The number of aryl methyl sites for hydroxylation is 2. The fourth-order valence-corrected chi connectivity index (χ4v) is 3.11. The molecule has 0 spiro atoms. The first kappa shape index (κ1) is 19.7. The number of ether oxygens (including phenoxy) is 2. The summed E-state index contributed by atoms with van der Waals surface area (Å²) in [6, 6.07) is 14.9. The highest BCUT2D eigenvalue weighted by Gasteiger charge is 2.15. The molecule has 3 aromatic rings. The molecule has 0 atom stereocenters. The second-order valence-corrected chi connectivity index (χ2v) is 6.60. The van der Waals surface area contributed by atoms with Gasteiger partial charge in [-0.2, -0.15) is 0 Å². The second-order valence-electron chi connectivity index (χ2n) is 6.60. The van der Waals surface area contributed by atoms with E-state index in [1.54, 1.807) is 6.07 Å². The molecule has 0 bridgehead atoms. The molecule has 0 N–H and O–H groups in total. The lowest BCUT2D eigenvalue weighted by Crippen LogP contribution is -2.08. The minimum atomic E-state index is -0.337. The third-order valence-electron chi connectivity index (χ3n) is 4.55. The van der Waals surface area contributed by atoms with Crippen LogP contribution in [0.15, 0.2) is 57.7 Å². The average molecular weight is 380 g/mol. The largest absolute Gasteiger partial charge is 0.488 e. The van der Waals surface area contributed by atoms with E-state index in [1.807, 2.05) is 36.4 Å². The van der Waals surface area contributed by atoms with Crippen LogP contribution in [0, 0.1) is 0 Å². The Balaban J connectivity index is 1.96. The molecule has 0 unspecified atom stereocenters. The van der Waals surface area contributed by atoms with E-state index in [4.69, 9.17) is 9.15 Å². The van der Waals surface area contributed by atoms with Gasteiger partial charge in [-0.05, 0) is 24.1 Å². The SMILES string of the molecule is CCCc1c(OCc2ccccc2)ccc2c(=O)cc(CCC(=O)OC)oc12. The van der Waals surface area contributed by atoms with Crippen molar-refractivity contribution >= 4 is 16.9 Å². The third kappa shape index (κ3) is 4.60. The van der Waals surface area contributed by atoms with Crippen molar-refractivity contribution in [1.82, 2.24) is 0 Å². The molecule has 1 aromatic heterocycles. The highest BCUT2D eigenvalue weighted by molar-refractivity contribution is 5.82. The molecule has 0 saturated carbocycles. The van der Waals surface area contributed by atoms with E-state index in [1.165, 1.54) is 13.2 Å². The summed E-state index contributed by atoms with van der Waals surface area (Å²) in [5.41, 5.74) is 2.37. The lowest BCUT2D eigenvalue weighted by molar-refractivity contribution is -0.140. The van der Waals surface area contributed by atoms with E-state index < -0.39 is 0 Å². The summed E-state index contributed by atoms with van der Waals surface area (Å²) in [7, 11) is 1.34. The lowest BCUT2D eigenvalue weighted by Gasteiger charge is -2.14. The Kier molecular flexibility index (Phi) is 6.48. The first-order chi connectivity index (χ1) is 13.6. The summed E-state index contributed by atoms with van der Waals surface area (Å²) in [6.07, 6.45) is 2.10. The van der Waals surface area contributed by atoms with E-state index in [9.17, 15) is 9.59 Å². The second kappa shape index (κ2) is 9.22. The zero-order valence-electron chi connectivity index (χ0n) is 16.2. The van der Waals surface area contributed by atoms with E-state index in [-0.39, 0.29) is 17.8 Å². The van der Waals surface area contributed by atoms with Crippen LogP contribution in [0.25, 0.3) is 11.0 Å². The summed E-state index contributed by atoms with van der Waals surface area (Å²) >= 11 is 0. The standard InChI is InChI=1S/C23H24O5/c1-3-7-19-21(27-15-16-8-5-4-6-9-16)12-11-18-20(24)14-17(28-23(18)19)10-13-22(25)26-2/h4-6,8-9,11-12,14H,3,7,10,13,15H2,1-2H3. The van der Waals surface area contributed by atoms with Crippen LogP contribution >= 0.6 is 0 Å². The van der Waals surface area contributed by atoms with Gasteiger partial charge in [0.15, 0.2) is 5.43 Å². The Morgan fingerprint density at radius 1 is 1.07 bits per heavy atom. The van der Waals surface area contributed by atoms with Crippen molar-refractivity contribution in [3.63, 3.8) is 0 Å². The van der Waals surface area contributed by atoms with Gasteiger partial charge in [0.1, 0.15) is 23.7 Å². The maximum Gasteiger partial charge on any atom is 0.305 e. The topological polar surface area (TPSA) is 65.7 Å². The molecule has 1 heterocycles. The van der Waals surface area contributed by atoms with Crippen LogP contribution in [0.1, 0.15) is 36.7 Å². The first-order valence-corrected chi connectivity index (χ1v) is 9.44. The summed E-state index contributed by atoms with van der Waals surface area (Å²) in [6.45, 7) is 2.51. The van der Waals surface area contributed by atoms with Crippen molar-refractivity contribution in [2.24, 2.45) is 0 Å². The molecule has 28 heavy (non-hydrogen) atoms. The van der Waals surface area contributed by atoms with E-state index >= 15 is 0 Å². The van der Waals surface area contributed by atoms with Crippen molar-refractivity contribution in [2.75, 3.05) is 7.11 Å². The van der Waals surface area contributed by atoms with Gasteiger partial charge in [0, 0.05) is 18.1 Å². The molecule has 2 aromatic carbocycles. The van der Waals surface area contributed by atoms with Crippen LogP contribution in [0.5, 0.6) is 5.75 Å². The Morgan fingerprint density at radius 3 is 2.57 bits per heavy atom. The molecule has 0 amide bonds. The fourth-order valence-electron chi connectivity index (χ4n) is 3.11. The Labute approximate surface area is 163 Å². The number of hydrogen-bond donors (Lipinski definition) is 0. The van der Waals surface area contributed by atoms with Crippen molar-refractivity contribution in [3.8, 4) is 5.75 Å². The van der Waals surface area contributed by atoms with Gasteiger partial charge in [0.2, 0.25) is 0 Å². The quantitative estimate of drug-likeness (QED) is 0.541. The minimum absolute atomic E-state index is 0.118. The molecule has 0 aliphatic rings. The minimum Gasteiger partial charge on any atom is -0.488 e. The van der Waals surface area contributed by atoms with Gasteiger partial charge in [0.05, 0.1) is 18.9 Å². The molecule has 0 fully saturated rings. The number of benzene rings is 2. The zero-order chi connectivity index (χ0) is 19.9. The average Bonchev–Trinajstić information content (AvgIpc) is 2.72. The Bertz CT molecular complexity index is 1000. The predicted octanol–water partition coefficient (Wildman–Crippen LogP) is 4.43. The van der Waals surface area contributed by atoms with Crippen LogP contribution < -0.4 is 10.2 Å². The number of methoxy groups -OCH3 is 1. The number of fused-ring (bicyclic) bond motifs is 1. The Morgan fingerprint density at radius 2 is 1.86 bits per heavy atom. The highest BCUT2D eigenvalue weighted by Crippen LogP contribution is 2.29. The van der Waals surface area contributed by atoms with Gasteiger partial charge >= 0.3 is 5.97 Å². The molecule has 5 heteroatoms. The summed E-state index contributed by atoms with van der Waals surface area (Å²) in [5.74, 6) is 0.850. The smallest absolute Gasteiger partial charge is 0.305 e. The van der Waals surface area contributed by atoms with Gasteiger partial charge in [-0.25, -0.2) is 0 Å². The van der Waals surface area contributed by atoms with Crippen LogP contribution in [0.3, 0.4) is 0 Å². The van der Waals surface area contributed by atoms with Crippen LogP contribution in [-0.4, -0.2) is 13.1 Å². The maximum atomic E-state index is 12.5. The Hall–Kier alpha value is -3.08. The molecular weight excluding hydrogens is 356 g/mol. The van der Waals surface area contributed by atoms with E-state index in [0.717, 1.165) is 24.0 Å². The van der Waals surface area contributed by atoms with E-state index in [2.05, 4.69) is 11.7 Å². The van der Waals surface area contributed by atoms with Gasteiger partial charge in [-0.15, -0.1) is 0 Å². The van der Waals surface area contributed by atoms with Crippen molar-refractivity contribution in [3.05, 3.63) is 75.6 Å². The van der Waals surface area contributed by atoms with Crippen molar-refractivity contribution < 1.29 is 18.7 Å². The molecule has 0 radical (unpaired) electrons. The monoisotopic (exact) mass is 380 g/mol. The number of rotatable bonds is 8. The number of carbonyl (C=O) groups excluding carboxylic acids is 1. The number of esters is 1. The van der Waals surface area contributed by atoms with Crippen molar-refractivity contribution in [2.45, 2.75) is 39.2 Å². The highest BCUT2D eigenvalue weighted by atomic mass is 16.5. The van der Waals surface area contributed by atoms with Crippen molar-refractivity contribution in [1.29, 1.82) is 0 Å². The van der Waals surface area contributed by atoms with Gasteiger partial charge in [-0.3, -0.25) is 9.59 Å². The van der Waals surface area contributed by atoms with Crippen LogP contribution in [0.2, 0.25) is 0 Å². The number of hydrogen-bond acceptors (Lipinski definition) is 5. The van der Waals surface area contributed by atoms with Crippen LogP contribution in [-0.2, 0) is 29.0 Å². The maximum absolute atomic E-state index is 12.5. The zero-order valence-corrected chi connectivity index (χ0v) is 16.2. The van der Waals surface area contributed by atoms with Crippen LogP contribution in [0.4, 0.5) is 0 Å². The molecule has 0 aliphatic heterocycles. The first-order valence-electron chi connectivity index (χ1n) is 9.44. The predicted molar refractivity (Wildman–Crippen MR) is 108 cm³/mol. The molecule has 146 valence electrons. The van der Waals surface area contributed by atoms with Gasteiger partial charge in [0.25, 0.3) is 0 Å². The number of carbonyl (C=O) groups is 1. The molecule has 0 aliphatic carbocycles. The molecular formula is C23H24O5. The summed E-state index contributed by atoms with van der Waals surface area (Å²) < 4.78 is 16.7. The van der Waals surface area contributed by atoms with Gasteiger partial charge < -0.3 is 13.9 Å². The lowest BCUT2D eigenvalue weighted by atomic mass is 10.0. The molecule has 3 rings (SSSR count). The molecule has 0 saturated heterocycles. The fraction of sp³-hybridized carbons (Fsp3) is 0.304. The van der Waals surface area contributed by atoms with Gasteiger partial charge in [-0.1, -0.05) is 43.7 Å². The van der Waals surface area contributed by atoms with E-state index in [0.29, 0.717) is 35.5 Å². The third-order valence-corrected chi connectivity index (χ3v) is 4.55. The summed E-state index contributed by atoms with van der Waals surface area (Å²) in [4.78, 5) is 24.0. The summed E-state index contributed by atoms with van der Waals surface area (Å²) in [5, 5.41) is 0.525. The normalized spacial score (nSPS) is 10.8.